The van der Waals surface area contributed by atoms with E-state index in [4.69, 9.17) is 14.6 Å². The molecule has 0 aliphatic carbocycles. The first kappa shape index (κ1) is 17.1. The average Bonchev–Trinajstić information content (AvgIpc) is 3.08. The Bertz CT molecular complexity index is 716. The molecule has 6 nitrogen and oxygen atoms in total. The number of aromatic hydroxyl groups is 1. The molecular formula is C19H21NO5. The number of phenolic OH excluding ortho intramolecular Hbond substituents is 1. The Morgan fingerprint density at radius 3 is 2.68 bits per heavy atom. The number of amides is 1. The number of likely N-dealkylation sites (tertiary alicyclic amines) is 1. The first-order valence-corrected chi connectivity index (χ1v) is 8.20. The highest BCUT2D eigenvalue weighted by Crippen LogP contribution is 2.22. The molecule has 1 aliphatic rings. The SMILES string of the molecule is O=C(COc1ccc(CO)cc1)N1CCC(Oc2cccc(O)c2)C1. The molecule has 25 heavy (non-hydrogen) atoms. The smallest absolute Gasteiger partial charge is 0.260 e. The van der Waals surface area contributed by atoms with Crippen molar-refractivity contribution in [1.29, 1.82) is 0 Å². The molecular weight excluding hydrogens is 322 g/mol. The van der Waals surface area contributed by atoms with Crippen LogP contribution in [0.2, 0.25) is 0 Å². The quantitative estimate of drug-likeness (QED) is 0.838. The molecule has 0 radical (unpaired) electrons. The topological polar surface area (TPSA) is 79.2 Å². The van der Waals surface area contributed by atoms with E-state index in [9.17, 15) is 9.90 Å². The van der Waals surface area contributed by atoms with Gasteiger partial charge in [-0.15, -0.1) is 0 Å². The van der Waals surface area contributed by atoms with Gasteiger partial charge in [-0.05, 0) is 29.8 Å². The van der Waals surface area contributed by atoms with E-state index in [1.54, 1.807) is 53.4 Å². The first-order valence-electron chi connectivity index (χ1n) is 8.20. The van der Waals surface area contributed by atoms with Gasteiger partial charge < -0.3 is 24.6 Å². The van der Waals surface area contributed by atoms with Crippen LogP contribution < -0.4 is 9.47 Å². The monoisotopic (exact) mass is 343 g/mol. The third-order valence-electron chi connectivity index (χ3n) is 4.09. The van der Waals surface area contributed by atoms with Gasteiger partial charge in [-0.2, -0.15) is 0 Å². The summed E-state index contributed by atoms with van der Waals surface area (Å²) in [6, 6.07) is 13.6. The number of hydrogen-bond donors (Lipinski definition) is 2. The number of hydrogen-bond acceptors (Lipinski definition) is 5. The van der Waals surface area contributed by atoms with Gasteiger partial charge in [0.2, 0.25) is 0 Å². The van der Waals surface area contributed by atoms with Crippen LogP contribution in [-0.2, 0) is 11.4 Å². The number of ether oxygens (including phenoxy) is 2. The fraction of sp³-hybridized carbons (Fsp3) is 0.316. The van der Waals surface area contributed by atoms with Crippen molar-refractivity contribution >= 4 is 5.91 Å². The summed E-state index contributed by atoms with van der Waals surface area (Å²) in [6.07, 6.45) is 0.654. The summed E-state index contributed by atoms with van der Waals surface area (Å²) in [5.41, 5.74) is 0.796. The van der Waals surface area contributed by atoms with E-state index in [1.807, 2.05) is 0 Å². The predicted octanol–water partition coefficient (Wildman–Crippen LogP) is 1.94. The molecule has 0 aromatic heterocycles. The van der Waals surface area contributed by atoms with Crippen LogP contribution in [0.3, 0.4) is 0 Å². The molecule has 1 unspecified atom stereocenters. The van der Waals surface area contributed by atoms with Gasteiger partial charge in [0.25, 0.3) is 5.91 Å². The van der Waals surface area contributed by atoms with Gasteiger partial charge in [0.05, 0.1) is 13.2 Å². The van der Waals surface area contributed by atoms with Crippen LogP contribution in [0.4, 0.5) is 0 Å². The van der Waals surface area contributed by atoms with E-state index in [0.717, 1.165) is 12.0 Å². The van der Waals surface area contributed by atoms with Gasteiger partial charge in [0, 0.05) is 19.0 Å². The van der Waals surface area contributed by atoms with Gasteiger partial charge in [-0.1, -0.05) is 18.2 Å². The molecule has 1 fully saturated rings. The van der Waals surface area contributed by atoms with Gasteiger partial charge in [0.1, 0.15) is 23.4 Å². The Balaban J connectivity index is 1.47. The molecule has 1 amide bonds. The van der Waals surface area contributed by atoms with E-state index in [0.29, 0.717) is 24.6 Å². The Hall–Kier alpha value is -2.73. The first-order chi connectivity index (χ1) is 12.1. The van der Waals surface area contributed by atoms with Gasteiger partial charge >= 0.3 is 0 Å². The molecule has 2 aromatic rings. The van der Waals surface area contributed by atoms with Crippen molar-refractivity contribution in [3.8, 4) is 17.2 Å². The minimum Gasteiger partial charge on any atom is -0.508 e. The maximum atomic E-state index is 12.3. The molecule has 3 rings (SSSR count). The third kappa shape index (κ3) is 4.64. The lowest BCUT2D eigenvalue weighted by Gasteiger charge is -2.17. The number of carbonyl (C=O) groups excluding carboxylic acids is 1. The zero-order chi connectivity index (χ0) is 17.6. The van der Waals surface area contributed by atoms with Crippen LogP contribution in [0.25, 0.3) is 0 Å². The molecule has 1 atom stereocenters. The zero-order valence-corrected chi connectivity index (χ0v) is 13.8. The number of phenols is 1. The van der Waals surface area contributed by atoms with Crippen molar-refractivity contribution < 1.29 is 24.5 Å². The van der Waals surface area contributed by atoms with Crippen molar-refractivity contribution in [1.82, 2.24) is 4.90 Å². The van der Waals surface area contributed by atoms with E-state index in [2.05, 4.69) is 0 Å². The molecule has 2 aromatic carbocycles. The van der Waals surface area contributed by atoms with Crippen molar-refractivity contribution in [3.05, 3.63) is 54.1 Å². The second-order valence-electron chi connectivity index (χ2n) is 5.96. The molecule has 1 saturated heterocycles. The van der Waals surface area contributed by atoms with E-state index in [1.165, 1.54) is 0 Å². The molecule has 6 heteroatoms. The number of aliphatic hydroxyl groups is 1. The molecule has 0 saturated carbocycles. The summed E-state index contributed by atoms with van der Waals surface area (Å²) >= 11 is 0. The van der Waals surface area contributed by atoms with Gasteiger partial charge in [-0.25, -0.2) is 0 Å². The Labute approximate surface area is 146 Å². The maximum absolute atomic E-state index is 12.3. The zero-order valence-electron chi connectivity index (χ0n) is 13.8. The van der Waals surface area contributed by atoms with Crippen LogP contribution >= 0.6 is 0 Å². The third-order valence-corrected chi connectivity index (χ3v) is 4.09. The lowest BCUT2D eigenvalue weighted by atomic mass is 10.2. The lowest BCUT2D eigenvalue weighted by molar-refractivity contribution is -0.132. The second kappa shape index (κ2) is 7.90. The van der Waals surface area contributed by atoms with Crippen molar-refractivity contribution in [3.63, 3.8) is 0 Å². The van der Waals surface area contributed by atoms with Crippen molar-refractivity contribution in [2.45, 2.75) is 19.1 Å². The highest BCUT2D eigenvalue weighted by atomic mass is 16.5. The summed E-state index contributed by atoms with van der Waals surface area (Å²) in [6.45, 7) is 1.07. The number of rotatable bonds is 6. The molecule has 0 bridgehead atoms. The fourth-order valence-corrected chi connectivity index (χ4v) is 2.73. The molecule has 1 aliphatic heterocycles. The number of aliphatic hydroxyl groups excluding tert-OH is 1. The van der Waals surface area contributed by atoms with E-state index in [-0.39, 0.29) is 31.0 Å². The predicted molar refractivity (Wildman–Crippen MR) is 91.6 cm³/mol. The lowest BCUT2D eigenvalue weighted by Crippen LogP contribution is -2.34. The van der Waals surface area contributed by atoms with E-state index >= 15 is 0 Å². The summed E-state index contributed by atoms with van der Waals surface area (Å²) in [4.78, 5) is 14.0. The molecule has 132 valence electrons. The number of nitrogens with zero attached hydrogens (tertiary/aromatic N) is 1. The summed E-state index contributed by atoms with van der Waals surface area (Å²) in [7, 11) is 0. The minimum atomic E-state index is -0.0896. The highest BCUT2D eigenvalue weighted by molar-refractivity contribution is 5.78. The molecule has 1 heterocycles. The Morgan fingerprint density at radius 2 is 1.96 bits per heavy atom. The fourth-order valence-electron chi connectivity index (χ4n) is 2.73. The van der Waals surface area contributed by atoms with Crippen LogP contribution in [0.15, 0.2) is 48.5 Å². The molecule has 0 spiro atoms. The van der Waals surface area contributed by atoms with Crippen molar-refractivity contribution in [2.24, 2.45) is 0 Å². The van der Waals surface area contributed by atoms with Gasteiger partial charge in [0.15, 0.2) is 6.61 Å². The normalized spacial score (nSPS) is 16.7. The standard InChI is InChI=1S/C19H21NO5/c21-12-14-4-6-16(7-5-14)24-13-19(23)20-9-8-18(11-20)25-17-3-1-2-15(22)10-17/h1-7,10,18,21-22H,8-9,11-13H2. The van der Waals surface area contributed by atoms with Crippen LogP contribution in [0.1, 0.15) is 12.0 Å². The number of benzene rings is 2. The largest absolute Gasteiger partial charge is 0.508 e. The second-order valence-corrected chi connectivity index (χ2v) is 5.96. The Morgan fingerprint density at radius 1 is 1.16 bits per heavy atom. The summed E-state index contributed by atoms with van der Waals surface area (Å²) in [5, 5.41) is 18.5. The average molecular weight is 343 g/mol. The summed E-state index contributed by atoms with van der Waals surface area (Å²) < 4.78 is 11.3. The van der Waals surface area contributed by atoms with Crippen LogP contribution in [0.5, 0.6) is 17.2 Å². The minimum absolute atomic E-state index is 0.0203. The summed E-state index contributed by atoms with van der Waals surface area (Å²) in [5.74, 6) is 1.26. The van der Waals surface area contributed by atoms with Crippen LogP contribution in [-0.4, -0.2) is 46.8 Å². The maximum Gasteiger partial charge on any atom is 0.260 e. The van der Waals surface area contributed by atoms with Crippen molar-refractivity contribution in [2.75, 3.05) is 19.7 Å². The number of carbonyl (C=O) groups is 1. The Kier molecular flexibility index (Phi) is 5.40. The molecule has 2 N–H and O–H groups in total. The van der Waals surface area contributed by atoms with Crippen LogP contribution in [0, 0.1) is 0 Å². The van der Waals surface area contributed by atoms with E-state index < -0.39 is 0 Å². The highest BCUT2D eigenvalue weighted by Gasteiger charge is 2.27. The van der Waals surface area contributed by atoms with Gasteiger partial charge in [-0.3, -0.25) is 4.79 Å².